The molecular weight excluding hydrogens is 444 g/mol. The maximum Gasteiger partial charge on any atom is 0.294 e. The number of hydrogen-bond donors (Lipinski definition) is 3. The van der Waals surface area contributed by atoms with E-state index in [0.29, 0.717) is 29.2 Å². The van der Waals surface area contributed by atoms with Gasteiger partial charge in [-0.2, -0.15) is 9.78 Å². The molecule has 0 aliphatic heterocycles. The van der Waals surface area contributed by atoms with Crippen LogP contribution >= 0.6 is 0 Å². The average Bonchev–Trinajstić information content (AvgIpc) is 3.46. The second-order valence-corrected chi connectivity index (χ2v) is 6.76. The largest absolute Gasteiger partial charge is 0.504 e. The molecule has 0 saturated carbocycles. The van der Waals surface area contributed by atoms with Gasteiger partial charge in [-0.05, 0) is 65.3 Å². The van der Waals surface area contributed by atoms with Crippen LogP contribution in [-0.4, -0.2) is 56.3 Å². The van der Waals surface area contributed by atoms with Crippen LogP contribution in [0.25, 0.3) is 17.1 Å². The highest BCUT2D eigenvalue weighted by molar-refractivity contribution is 5.98. The van der Waals surface area contributed by atoms with Gasteiger partial charge in [0.25, 0.3) is 5.91 Å². The van der Waals surface area contributed by atoms with E-state index >= 15 is 0 Å². The van der Waals surface area contributed by atoms with E-state index in [1.165, 1.54) is 24.1 Å². The number of hydrazone groups is 1. The summed E-state index contributed by atoms with van der Waals surface area (Å²) in [7, 11) is 1.43. The number of carbonyl (C=O) groups excluding carboxylic acids is 1. The third kappa shape index (κ3) is 4.48. The maximum atomic E-state index is 12.9. The van der Waals surface area contributed by atoms with Crippen molar-refractivity contribution < 1.29 is 24.0 Å². The van der Waals surface area contributed by atoms with E-state index in [-0.39, 0.29) is 28.8 Å². The molecule has 13 heteroatoms. The standard InChI is InChI=1S/C21H20N8O5/c1-3-33-14-7-5-13(6-8-14)18-17(24-28-29(18)20-19(22)26-34-27-20)21(31)25-23-11-12-4-9-15(30)16(10-12)32-2/h4-11,30H,3H2,1-2H3,(H2,22,26)(H,25,31)/b23-11-. The van der Waals surface area contributed by atoms with E-state index < -0.39 is 5.91 Å². The van der Waals surface area contributed by atoms with Crippen LogP contribution in [-0.2, 0) is 0 Å². The van der Waals surface area contributed by atoms with Crippen LogP contribution in [0.4, 0.5) is 5.82 Å². The number of amides is 1. The van der Waals surface area contributed by atoms with E-state index in [9.17, 15) is 9.90 Å². The van der Waals surface area contributed by atoms with E-state index in [2.05, 4.69) is 35.8 Å². The van der Waals surface area contributed by atoms with Gasteiger partial charge in [-0.1, -0.05) is 5.21 Å². The minimum Gasteiger partial charge on any atom is -0.504 e. The first kappa shape index (κ1) is 22.3. The summed E-state index contributed by atoms with van der Waals surface area (Å²) in [5.41, 5.74) is 9.67. The molecule has 0 fully saturated rings. The summed E-state index contributed by atoms with van der Waals surface area (Å²) in [6, 6.07) is 11.6. The van der Waals surface area contributed by atoms with Crippen molar-refractivity contribution in [3.8, 4) is 34.3 Å². The first-order valence-corrected chi connectivity index (χ1v) is 9.99. The highest BCUT2D eigenvalue weighted by Crippen LogP contribution is 2.28. The maximum absolute atomic E-state index is 12.9. The topological polar surface area (TPSA) is 176 Å². The Morgan fingerprint density at radius 3 is 2.74 bits per heavy atom. The number of benzene rings is 2. The molecule has 13 nitrogen and oxygen atoms in total. The number of hydrogen-bond acceptors (Lipinski definition) is 11. The Hall–Kier alpha value is -4.94. The molecule has 0 saturated heterocycles. The lowest BCUT2D eigenvalue weighted by Gasteiger charge is -2.07. The van der Waals surface area contributed by atoms with E-state index in [1.54, 1.807) is 36.4 Å². The van der Waals surface area contributed by atoms with Gasteiger partial charge in [0.15, 0.2) is 17.2 Å². The summed E-state index contributed by atoms with van der Waals surface area (Å²) in [5.74, 6) is 0.343. The zero-order chi connectivity index (χ0) is 24.1. The third-order valence-corrected chi connectivity index (χ3v) is 4.60. The molecule has 2 aromatic heterocycles. The molecule has 4 aromatic rings. The van der Waals surface area contributed by atoms with Crippen molar-refractivity contribution in [3.63, 3.8) is 0 Å². The molecule has 174 valence electrons. The number of phenolic OH excluding ortho intramolecular Hbond substituents is 1. The van der Waals surface area contributed by atoms with Crippen molar-refractivity contribution in [2.24, 2.45) is 5.10 Å². The van der Waals surface area contributed by atoms with Crippen molar-refractivity contribution >= 4 is 17.9 Å². The van der Waals surface area contributed by atoms with Crippen LogP contribution in [0.5, 0.6) is 17.2 Å². The molecule has 0 bridgehead atoms. The summed E-state index contributed by atoms with van der Waals surface area (Å²) in [6.07, 6.45) is 1.39. The third-order valence-electron chi connectivity index (χ3n) is 4.60. The van der Waals surface area contributed by atoms with Gasteiger partial charge in [0.05, 0.1) is 19.9 Å². The normalized spacial score (nSPS) is 11.0. The highest BCUT2D eigenvalue weighted by Gasteiger charge is 2.25. The summed E-state index contributed by atoms with van der Waals surface area (Å²) >= 11 is 0. The quantitative estimate of drug-likeness (QED) is 0.257. The molecule has 34 heavy (non-hydrogen) atoms. The number of ether oxygens (including phenoxy) is 2. The minimum absolute atomic E-state index is 0.0121. The average molecular weight is 464 g/mol. The Kier molecular flexibility index (Phi) is 6.34. The molecule has 1 amide bonds. The van der Waals surface area contributed by atoms with Gasteiger partial charge < -0.3 is 20.3 Å². The Morgan fingerprint density at radius 2 is 2.06 bits per heavy atom. The molecule has 0 aliphatic carbocycles. The summed E-state index contributed by atoms with van der Waals surface area (Å²) in [5, 5.41) is 29.0. The smallest absolute Gasteiger partial charge is 0.294 e. The Morgan fingerprint density at radius 1 is 1.26 bits per heavy atom. The molecule has 2 aromatic carbocycles. The van der Waals surface area contributed by atoms with Gasteiger partial charge >= 0.3 is 0 Å². The molecular formula is C21H20N8O5. The monoisotopic (exact) mass is 464 g/mol. The fourth-order valence-corrected chi connectivity index (χ4v) is 3.05. The number of aromatic nitrogens is 5. The fraction of sp³-hybridized carbons (Fsp3) is 0.143. The first-order valence-electron chi connectivity index (χ1n) is 9.99. The number of rotatable bonds is 8. The molecule has 0 atom stereocenters. The summed E-state index contributed by atoms with van der Waals surface area (Å²) < 4.78 is 16.5. The van der Waals surface area contributed by atoms with Crippen molar-refractivity contribution in [2.75, 3.05) is 19.5 Å². The van der Waals surface area contributed by atoms with Gasteiger partial charge in [0.2, 0.25) is 11.6 Å². The van der Waals surface area contributed by atoms with Crippen LogP contribution in [0, 0.1) is 0 Å². The van der Waals surface area contributed by atoms with Crippen LogP contribution < -0.4 is 20.6 Å². The van der Waals surface area contributed by atoms with E-state index in [0.717, 1.165) is 0 Å². The van der Waals surface area contributed by atoms with Gasteiger partial charge in [0.1, 0.15) is 11.4 Å². The molecule has 0 unspecified atom stereocenters. The molecule has 0 aliphatic rings. The van der Waals surface area contributed by atoms with Gasteiger partial charge in [-0.25, -0.2) is 10.1 Å². The lowest BCUT2D eigenvalue weighted by atomic mass is 10.1. The number of aromatic hydroxyl groups is 1. The zero-order valence-corrected chi connectivity index (χ0v) is 18.2. The van der Waals surface area contributed by atoms with Crippen LogP contribution in [0.15, 0.2) is 52.2 Å². The molecule has 0 spiro atoms. The SMILES string of the molecule is CCOc1ccc(-c2c(C(=O)N/N=C\c3ccc(O)c(OC)c3)nnn2-c2nonc2N)cc1. The minimum atomic E-state index is -0.632. The predicted octanol–water partition coefficient (Wildman–Crippen LogP) is 1.78. The van der Waals surface area contributed by atoms with Gasteiger partial charge in [-0.15, -0.1) is 5.10 Å². The molecule has 0 radical (unpaired) electrons. The van der Waals surface area contributed by atoms with Crippen molar-refractivity contribution in [1.29, 1.82) is 0 Å². The molecule has 4 N–H and O–H groups in total. The van der Waals surface area contributed by atoms with Gasteiger partial charge in [-0.3, -0.25) is 4.79 Å². The van der Waals surface area contributed by atoms with Crippen molar-refractivity contribution in [2.45, 2.75) is 6.92 Å². The molecule has 4 rings (SSSR count). The second kappa shape index (κ2) is 9.68. The Balaban J connectivity index is 1.65. The number of carbonyl (C=O) groups is 1. The van der Waals surface area contributed by atoms with E-state index in [1.807, 2.05) is 6.92 Å². The lowest BCUT2D eigenvalue weighted by Crippen LogP contribution is -2.19. The number of nitrogens with zero attached hydrogens (tertiary/aromatic N) is 6. The van der Waals surface area contributed by atoms with Crippen molar-refractivity contribution in [1.82, 2.24) is 30.7 Å². The molecule has 2 heterocycles. The number of nitrogens with two attached hydrogens (primary N) is 1. The van der Waals surface area contributed by atoms with E-state index in [4.69, 9.17) is 15.2 Å². The number of phenols is 1. The number of nitrogen functional groups attached to an aromatic ring is 1. The fourth-order valence-electron chi connectivity index (χ4n) is 3.05. The number of methoxy groups -OCH3 is 1. The predicted molar refractivity (Wildman–Crippen MR) is 120 cm³/mol. The van der Waals surface area contributed by atoms with Gasteiger partial charge in [0, 0.05) is 5.56 Å². The Bertz CT molecular complexity index is 1330. The van der Waals surface area contributed by atoms with Crippen molar-refractivity contribution in [3.05, 3.63) is 53.7 Å². The van der Waals surface area contributed by atoms with Crippen LogP contribution in [0.2, 0.25) is 0 Å². The number of anilines is 1. The number of nitrogens with one attached hydrogen (secondary N) is 1. The highest BCUT2D eigenvalue weighted by atomic mass is 16.6. The second-order valence-electron chi connectivity index (χ2n) is 6.76. The van der Waals surface area contributed by atoms with Crippen LogP contribution in [0.3, 0.4) is 0 Å². The first-order chi connectivity index (χ1) is 16.5. The van der Waals surface area contributed by atoms with Crippen LogP contribution in [0.1, 0.15) is 23.0 Å². The Labute approximate surface area is 192 Å². The lowest BCUT2D eigenvalue weighted by molar-refractivity contribution is 0.0950. The summed E-state index contributed by atoms with van der Waals surface area (Å²) in [6.45, 7) is 2.39. The summed E-state index contributed by atoms with van der Waals surface area (Å²) in [4.78, 5) is 12.9. The zero-order valence-electron chi connectivity index (χ0n) is 18.2.